The molecular formula is C15H14N2O4S. The smallest absolute Gasteiger partial charge is 0.241 e. The number of hydrogen-bond donors (Lipinski definition) is 2. The average molecular weight is 318 g/mol. The van der Waals surface area contributed by atoms with Crippen LogP contribution in [0.25, 0.3) is 10.8 Å². The highest BCUT2D eigenvalue weighted by molar-refractivity contribution is 7.89. The van der Waals surface area contributed by atoms with E-state index in [0.717, 1.165) is 5.39 Å². The lowest BCUT2D eigenvalue weighted by Gasteiger charge is -2.12. The van der Waals surface area contributed by atoms with Gasteiger partial charge in [0.25, 0.3) is 0 Å². The van der Waals surface area contributed by atoms with E-state index >= 15 is 0 Å². The second-order valence-corrected chi connectivity index (χ2v) is 6.47. The molecule has 0 spiro atoms. The van der Waals surface area contributed by atoms with Crippen LogP contribution in [0.5, 0.6) is 0 Å². The monoisotopic (exact) mass is 318 g/mol. The maximum Gasteiger partial charge on any atom is 0.241 e. The zero-order chi connectivity index (χ0) is 15.6. The summed E-state index contributed by atoms with van der Waals surface area (Å²) in [6, 6.07) is 9.82. The number of rotatable bonds is 5. The highest BCUT2D eigenvalue weighted by Crippen LogP contribution is 2.22. The first kappa shape index (κ1) is 14.7. The molecule has 3 aromatic rings. The third-order valence-electron chi connectivity index (χ3n) is 3.27. The molecule has 0 radical (unpaired) electrons. The molecule has 0 aliphatic heterocycles. The van der Waals surface area contributed by atoms with Gasteiger partial charge in [0.1, 0.15) is 11.9 Å². The van der Waals surface area contributed by atoms with Crippen molar-refractivity contribution >= 4 is 20.8 Å². The second kappa shape index (κ2) is 5.88. The van der Waals surface area contributed by atoms with Crippen molar-refractivity contribution in [2.24, 2.45) is 0 Å². The van der Waals surface area contributed by atoms with Gasteiger partial charge in [0.15, 0.2) is 0 Å². The molecule has 1 atom stereocenters. The molecule has 6 nitrogen and oxygen atoms in total. The minimum atomic E-state index is -3.75. The Hall–Kier alpha value is -2.22. The SMILES string of the molecule is O=S(=O)(NCC(O)c1ccco1)c1cccc2cnccc12. The average Bonchev–Trinajstić information content (AvgIpc) is 3.06. The molecule has 3 rings (SSSR count). The standard InChI is InChI=1S/C15H14N2O4S/c18-13(14-4-2-8-21-14)10-17-22(19,20)15-5-1-3-11-9-16-7-6-12(11)15/h1-9,13,17-18H,10H2. The van der Waals surface area contributed by atoms with Crippen LogP contribution < -0.4 is 4.72 Å². The molecule has 0 bridgehead atoms. The molecular weight excluding hydrogens is 304 g/mol. The van der Waals surface area contributed by atoms with E-state index in [1.54, 1.807) is 42.7 Å². The fourth-order valence-corrected chi connectivity index (χ4v) is 3.44. The summed E-state index contributed by atoms with van der Waals surface area (Å²) in [5, 5.41) is 11.2. The van der Waals surface area contributed by atoms with Crippen molar-refractivity contribution in [1.29, 1.82) is 0 Å². The largest absolute Gasteiger partial charge is 0.467 e. The minimum absolute atomic E-state index is 0.152. The Bertz CT molecular complexity index is 870. The summed E-state index contributed by atoms with van der Waals surface area (Å²) in [5.74, 6) is 0.310. The maximum absolute atomic E-state index is 12.4. The summed E-state index contributed by atoms with van der Waals surface area (Å²) >= 11 is 0. The van der Waals surface area contributed by atoms with E-state index in [-0.39, 0.29) is 11.4 Å². The van der Waals surface area contributed by atoms with Gasteiger partial charge in [-0.25, -0.2) is 13.1 Å². The number of sulfonamides is 1. The Kier molecular flexibility index (Phi) is 3.93. The summed E-state index contributed by atoms with van der Waals surface area (Å²) in [6.07, 6.45) is 3.52. The number of aromatic nitrogens is 1. The first-order valence-electron chi connectivity index (χ1n) is 6.62. The van der Waals surface area contributed by atoms with Crippen LogP contribution in [0.4, 0.5) is 0 Å². The van der Waals surface area contributed by atoms with Gasteiger partial charge >= 0.3 is 0 Å². The molecule has 2 aromatic heterocycles. The summed E-state index contributed by atoms with van der Waals surface area (Å²) < 4.78 is 32.3. The van der Waals surface area contributed by atoms with Crippen LogP contribution in [-0.2, 0) is 10.0 Å². The van der Waals surface area contributed by atoms with E-state index in [4.69, 9.17) is 4.42 Å². The number of fused-ring (bicyclic) bond motifs is 1. The number of furan rings is 1. The van der Waals surface area contributed by atoms with E-state index < -0.39 is 16.1 Å². The number of pyridine rings is 1. The van der Waals surface area contributed by atoms with Gasteiger partial charge in [-0.15, -0.1) is 0 Å². The Morgan fingerprint density at radius 1 is 1.23 bits per heavy atom. The van der Waals surface area contributed by atoms with Crippen LogP contribution in [0.3, 0.4) is 0 Å². The molecule has 0 aliphatic rings. The number of nitrogens with zero attached hydrogens (tertiary/aromatic N) is 1. The van der Waals surface area contributed by atoms with Crippen molar-refractivity contribution in [3.8, 4) is 0 Å². The summed E-state index contributed by atoms with van der Waals surface area (Å²) in [7, 11) is -3.75. The van der Waals surface area contributed by atoms with Crippen molar-refractivity contribution in [3.63, 3.8) is 0 Å². The first-order valence-corrected chi connectivity index (χ1v) is 8.10. The van der Waals surface area contributed by atoms with Crippen LogP contribution in [0.15, 0.2) is 64.4 Å². The molecule has 22 heavy (non-hydrogen) atoms. The molecule has 7 heteroatoms. The third-order valence-corrected chi connectivity index (χ3v) is 4.75. The van der Waals surface area contributed by atoms with Crippen molar-refractivity contribution in [2.75, 3.05) is 6.54 Å². The highest BCUT2D eigenvalue weighted by atomic mass is 32.2. The van der Waals surface area contributed by atoms with Gasteiger partial charge in [-0.05, 0) is 24.3 Å². The van der Waals surface area contributed by atoms with Gasteiger partial charge in [-0.3, -0.25) is 4.98 Å². The fraction of sp³-hybridized carbons (Fsp3) is 0.133. The molecule has 0 fully saturated rings. The number of aliphatic hydroxyl groups excluding tert-OH is 1. The Balaban J connectivity index is 1.86. The molecule has 114 valence electrons. The van der Waals surface area contributed by atoms with Crippen molar-refractivity contribution in [3.05, 3.63) is 60.8 Å². The predicted molar refractivity (Wildman–Crippen MR) is 80.6 cm³/mol. The Morgan fingerprint density at radius 2 is 2.09 bits per heavy atom. The van der Waals surface area contributed by atoms with Gasteiger partial charge in [-0.2, -0.15) is 0 Å². The van der Waals surface area contributed by atoms with Crippen LogP contribution in [-0.4, -0.2) is 25.1 Å². The van der Waals surface area contributed by atoms with Gasteiger partial charge in [0.05, 0.1) is 11.2 Å². The summed E-state index contributed by atoms with van der Waals surface area (Å²) in [4.78, 5) is 4.13. The van der Waals surface area contributed by atoms with Crippen LogP contribution >= 0.6 is 0 Å². The van der Waals surface area contributed by atoms with Gasteiger partial charge in [0.2, 0.25) is 10.0 Å². The van der Waals surface area contributed by atoms with Crippen molar-refractivity contribution < 1.29 is 17.9 Å². The molecule has 2 N–H and O–H groups in total. The van der Waals surface area contributed by atoms with Crippen LogP contribution in [0, 0.1) is 0 Å². The van der Waals surface area contributed by atoms with E-state index in [1.807, 2.05) is 0 Å². The lowest BCUT2D eigenvalue weighted by molar-refractivity contribution is 0.154. The Morgan fingerprint density at radius 3 is 2.86 bits per heavy atom. The number of aliphatic hydroxyl groups is 1. The topological polar surface area (TPSA) is 92.4 Å². The molecule has 1 unspecified atom stereocenters. The molecule has 0 amide bonds. The molecule has 0 aliphatic carbocycles. The van der Waals surface area contributed by atoms with E-state index in [2.05, 4.69) is 9.71 Å². The number of hydrogen-bond acceptors (Lipinski definition) is 5. The van der Waals surface area contributed by atoms with Crippen molar-refractivity contribution in [1.82, 2.24) is 9.71 Å². The summed E-state index contributed by atoms with van der Waals surface area (Å²) in [6.45, 7) is -0.169. The lowest BCUT2D eigenvalue weighted by atomic mass is 10.2. The highest BCUT2D eigenvalue weighted by Gasteiger charge is 2.20. The number of nitrogens with one attached hydrogen (secondary N) is 1. The van der Waals surface area contributed by atoms with E-state index in [9.17, 15) is 13.5 Å². The molecule has 2 heterocycles. The maximum atomic E-state index is 12.4. The van der Waals surface area contributed by atoms with Crippen LogP contribution in [0.2, 0.25) is 0 Å². The zero-order valence-corrected chi connectivity index (χ0v) is 12.3. The first-order chi connectivity index (χ1) is 10.6. The predicted octanol–water partition coefficient (Wildman–Crippen LogP) is 1.84. The normalized spacial score (nSPS) is 13.3. The van der Waals surface area contributed by atoms with Gasteiger partial charge in [-0.1, -0.05) is 12.1 Å². The second-order valence-electron chi connectivity index (χ2n) is 4.74. The lowest BCUT2D eigenvalue weighted by Crippen LogP contribution is -2.28. The van der Waals surface area contributed by atoms with E-state index in [1.165, 1.54) is 12.3 Å². The van der Waals surface area contributed by atoms with Gasteiger partial charge in [0, 0.05) is 29.7 Å². The molecule has 0 saturated heterocycles. The number of benzene rings is 1. The fourth-order valence-electron chi connectivity index (χ4n) is 2.18. The third kappa shape index (κ3) is 2.87. The molecule has 1 aromatic carbocycles. The van der Waals surface area contributed by atoms with E-state index in [0.29, 0.717) is 11.1 Å². The van der Waals surface area contributed by atoms with Crippen molar-refractivity contribution in [2.45, 2.75) is 11.0 Å². The summed E-state index contributed by atoms with van der Waals surface area (Å²) in [5.41, 5.74) is 0. The quantitative estimate of drug-likeness (QED) is 0.749. The Labute approximate surface area is 127 Å². The van der Waals surface area contributed by atoms with Gasteiger partial charge < -0.3 is 9.52 Å². The van der Waals surface area contributed by atoms with Crippen LogP contribution in [0.1, 0.15) is 11.9 Å². The zero-order valence-electron chi connectivity index (χ0n) is 11.5. The molecule has 0 saturated carbocycles. The minimum Gasteiger partial charge on any atom is -0.467 e.